The second-order valence-corrected chi connectivity index (χ2v) is 5.83. The molecule has 0 aliphatic rings. The van der Waals surface area contributed by atoms with Crippen molar-refractivity contribution >= 4 is 15.9 Å². The second kappa shape index (κ2) is 6.40. The molecular weight excluding hydrogens is 302 g/mol. The highest BCUT2D eigenvalue weighted by Gasteiger charge is 2.29. The Labute approximate surface area is 123 Å². The van der Waals surface area contributed by atoms with Crippen LogP contribution in [0.1, 0.15) is 43.6 Å². The van der Waals surface area contributed by atoms with Crippen molar-refractivity contribution < 1.29 is 4.42 Å². The summed E-state index contributed by atoms with van der Waals surface area (Å²) in [6, 6.07) is 12.2. The van der Waals surface area contributed by atoms with Crippen LogP contribution in [0.15, 0.2) is 51.6 Å². The van der Waals surface area contributed by atoms with Gasteiger partial charge in [-0.3, -0.25) is 0 Å². The SMILES string of the molecule is CCC(C)C(c1ccccc1)C(N)c1occc1Br. The van der Waals surface area contributed by atoms with Crippen molar-refractivity contribution in [3.8, 4) is 0 Å². The van der Waals surface area contributed by atoms with Gasteiger partial charge in [-0.15, -0.1) is 0 Å². The summed E-state index contributed by atoms with van der Waals surface area (Å²) in [6.07, 6.45) is 2.77. The third-order valence-corrected chi connectivity index (χ3v) is 4.43. The molecule has 0 radical (unpaired) electrons. The fourth-order valence-electron chi connectivity index (χ4n) is 2.53. The van der Waals surface area contributed by atoms with Crippen LogP contribution in [0.25, 0.3) is 0 Å². The molecule has 2 nitrogen and oxygen atoms in total. The van der Waals surface area contributed by atoms with Crippen LogP contribution < -0.4 is 5.73 Å². The monoisotopic (exact) mass is 321 g/mol. The lowest BCUT2D eigenvalue weighted by Gasteiger charge is -2.28. The Morgan fingerprint density at radius 1 is 1.21 bits per heavy atom. The molecule has 0 amide bonds. The highest BCUT2D eigenvalue weighted by molar-refractivity contribution is 9.10. The maximum atomic E-state index is 6.47. The van der Waals surface area contributed by atoms with Crippen molar-refractivity contribution in [2.45, 2.75) is 32.2 Å². The zero-order valence-corrected chi connectivity index (χ0v) is 12.9. The van der Waals surface area contributed by atoms with E-state index in [2.05, 4.69) is 54.0 Å². The molecule has 3 atom stereocenters. The average molecular weight is 322 g/mol. The molecule has 2 N–H and O–H groups in total. The van der Waals surface area contributed by atoms with Gasteiger partial charge in [0.1, 0.15) is 5.76 Å². The van der Waals surface area contributed by atoms with Crippen molar-refractivity contribution in [2.24, 2.45) is 11.7 Å². The Balaban J connectivity index is 2.36. The first-order valence-electron chi connectivity index (χ1n) is 6.68. The fraction of sp³-hybridized carbons (Fsp3) is 0.375. The van der Waals surface area contributed by atoms with Gasteiger partial charge in [0.15, 0.2) is 0 Å². The Kier molecular flexibility index (Phi) is 4.83. The van der Waals surface area contributed by atoms with Crippen molar-refractivity contribution in [3.63, 3.8) is 0 Å². The third-order valence-electron chi connectivity index (χ3n) is 3.78. The van der Waals surface area contributed by atoms with E-state index in [0.29, 0.717) is 5.92 Å². The highest BCUT2D eigenvalue weighted by Crippen LogP contribution is 2.39. The second-order valence-electron chi connectivity index (χ2n) is 4.98. The molecule has 0 aliphatic carbocycles. The summed E-state index contributed by atoms with van der Waals surface area (Å²) in [6.45, 7) is 4.44. The lowest BCUT2D eigenvalue weighted by Crippen LogP contribution is -2.24. The Hall–Kier alpha value is -1.06. The molecular formula is C16H20BrNO. The largest absolute Gasteiger partial charge is 0.466 e. The van der Waals surface area contributed by atoms with Crippen LogP contribution in [0.2, 0.25) is 0 Å². The van der Waals surface area contributed by atoms with Crippen molar-refractivity contribution in [3.05, 3.63) is 58.5 Å². The van der Waals surface area contributed by atoms with Gasteiger partial charge in [0.2, 0.25) is 0 Å². The van der Waals surface area contributed by atoms with Crippen LogP contribution in [-0.4, -0.2) is 0 Å². The molecule has 1 heterocycles. The van der Waals surface area contributed by atoms with Crippen LogP contribution in [0.4, 0.5) is 0 Å². The van der Waals surface area contributed by atoms with E-state index >= 15 is 0 Å². The maximum Gasteiger partial charge on any atom is 0.135 e. The molecule has 0 bridgehead atoms. The number of rotatable bonds is 5. The standard InChI is InChI=1S/C16H20BrNO/c1-3-11(2)14(12-7-5-4-6-8-12)15(18)16-13(17)9-10-19-16/h4-11,14-15H,3,18H2,1-2H3. The molecule has 0 saturated heterocycles. The summed E-state index contributed by atoms with van der Waals surface area (Å²) >= 11 is 3.51. The first-order valence-corrected chi connectivity index (χ1v) is 7.47. The van der Waals surface area contributed by atoms with Crippen molar-refractivity contribution in [2.75, 3.05) is 0 Å². The molecule has 2 rings (SSSR count). The topological polar surface area (TPSA) is 39.2 Å². The van der Waals surface area contributed by atoms with Gasteiger partial charge in [-0.05, 0) is 33.5 Å². The number of benzene rings is 1. The number of halogens is 1. The molecule has 2 aromatic rings. The Morgan fingerprint density at radius 3 is 2.42 bits per heavy atom. The molecule has 3 heteroatoms. The average Bonchev–Trinajstić information content (AvgIpc) is 2.86. The Morgan fingerprint density at radius 2 is 1.89 bits per heavy atom. The lowest BCUT2D eigenvalue weighted by molar-refractivity contribution is 0.343. The summed E-state index contributed by atoms with van der Waals surface area (Å²) in [7, 11) is 0. The first kappa shape index (κ1) is 14.4. The van der Waals surface area contributed by atoms with Crippen LogP contribution in [-0.2, 0) is 0 Å². The molecule has 1 aromatic heterocycles. The van der Waals surface area contributed by atoms with E-state index in [1.54, 1.807) is 6.26 Å². The zero-order valence-electron chi connectivity index (χ0n) is 11.3. The third kappa shape index (κ3) is 3.10. The number of furan rings is 1. The van der Waals surface area contributed by atoms with Gasteiger partial charge in [0.25, 0.3) is 0 Å². The minimum absolute atomic E-state index is 0.137. The van der Waals surface area contributed by atoms with Gasteiger partial charge in [-0.25, -0.2) is 0 Å². The van der Waals surface area contributed by atoms with Crippen LogP contribution >= 0.6 is 15.9 Å². The Bertz CT molecular complexity index is 508. The first-order chi connectivity index (χ1) is 9.15. The highest BCUT2D eigenvalue weighted by atomic mass is 79.9. The molecule has 0 saturated carbocycles. The molecule has 102 valence electrons. The van der Waals surface area contributed by atoms with Crippen LogP contribution in [0.3, 0.4) is 0 Å². The predicted molar refractivity (Wildman–Crippen MR) is 82.0 cm³/mol. The lowest BCUT2D eigenvalue weighted by atomic mass is 9.79. The maximum absolute atomic E-state index is 6.47. The summed E-state index contributed by atoms with van der Waals surface area (Å²) < 4.78 is 6.50. The van der Waals surface area contributed by atoms with E-state index in [1.807, 2.05) is 12.1 Å². The minimum Gasteiger partial charge on any atom is -0.466 e. The summed E-state index contributed by atoms with van der Waals surface area (Å²) in [5.74, 6) is 1.58. The van der Waals surface area contributed by atoms with Gasteiger partial charge in [-0.2, -0.15) is 0 Å². The van der Waals surface area contributed by atoms with E-state index in [1.165, 1.54) is 5.56 Å². The van der Waals surface area contributed by atoms with Gasteiger partial charge < -0.3 is 10.2 Å². The van der Waals surface area contributed by atoms with E-state index in [4.69, 9.17) is 10.2 Å². The molecule has 3 unspecified atom stereocenters. The van der Waals surface area contributed by atoms with Gasteiger partial charge in [-0.1, -0.05) is 50.6 Å². The molecule has 0 aliphatic heterocycles. The van der Waals surface area contributed by atoms with Gasteiger partial charge in [0.05, 0.1) is 16.8 Å². The zero-order chi connectivity index (χ0) is 13.8. The van der Waals surface area contributed by atoms with E-state index < -0.39 is 0 Å². The molecule has 19 heavy (non-hydrogen) atoms. The van der Waals surface area contributed by atoms with Crippen LogP contribution in [0, 0.1) is 5.92 Å². The van der Waals surface area contributed by atoms with Crippen molar-refractivity contribution in [1.82, 2.24) is 0 Å². The predicted octanol–water partition coefficient (Wildman–Crippen LogP) is 4.87. The molecule has 0 fully saturated rings. The summed E-state index contributed by atoms with van der Waals surface area (Å²) in [5.41, 5.74) is 7.74. The summed E-state index contributed by atoms with van der Waals surface area (Å²) in [4.78, 5) is 0. The number of hydrogen-bond donors (Lipinski definition) is 1. The van der Waals surface area contributed by atoms with Gasteiger partial charge in [0, 0.05) is 5.92 Å². The van der Waals surface area contributed by atoms with E-state index in [-0.39, 0.29) is 12.0 Å². The number of nitrogens with two attached hydrogens (primary N) is 1. The molecule has 0 spiro atoms. The molecule has 1 aromatic carbocycles. The van der Waals surface area contributed by atoms with E-state index in [9.17, 15) is 0 Å². The van der Waals surface area contributed by atoms with Crippen molar-refractivity contribution in [1.29, 1.82) is 0 Å². The van der Waals surface area contributed by atoms with Crippen LogP contribution in [0.5, 0.6) is 0 Å². The summed E-state index contributed by atoms with van der Waals surface area (Å²) in [5, 5.41) is 0. The van der Waals surface area contributed by atoms with Gasteiger partial charge >= 0.3 is 0 Å². The van der Waals surface area contributed by atoms with E-state index in [0.717, 1.165) is 16.7 Å². The number of hydrogen-bond acceptors (Lipinski definition) is 2. The smallest absolute Gasteiger partial charge is 0.135 e. The quantitative estimate of drug-likeness (QED) is 0.853. The minimum atomic E-state index is -0.137. The normalized spacial score (nSPS) is 16.0. The fourth-order valence-corrected chi connectivity index (χ4v) is 2.99.